The molecule has 0 aromatic heterocycles. The molecule has 0 aliphatic heterocycles. The molecule has 0 radical (unpaired) electrons. The number of esters is 1. The van der Waals surface area contributed by atoms with Crippen LogP contribution >= 0.6 is 0 Å². The van der Waals surface area contributed by atoms with Crippen molar-refractivity contribution in [3.63, 3.8) is 0 Å². The molecule has 0 heterocycles. The van der Waals surface area contributed by atoms with Crippen molar-refractivity contribution in [3.8, 4) is 0 Å². The Morgan fingerprint density at radius 3 is 2.60 bits per heavy atom. The van der Waals surface area contributed by atoms with Gasteiger partial charge < -0.3 is 17.4 Å². The van der Waals surface area contributed by atoms with Gasteiger partial charge in [0.25, 0.3) is 0 Å². The van der Waals surface area contributed by atoms with Gasteiger partial charge in [0.15, 0.2) is 0 Å². The second kappa shape index (κ2) is 10.5. The van der Waals surface area contributed by atoms with Crippen molar-refractivity contribution < 1.29 is 60.9 Å². The zero-order valence-corrected chi connectivity index (χ0v) is 10.5. The van der Waals surface area contributed by atoms with Crippen LogP contribution in [0.25, 0.3) is 0 Å². The third kappa shape index (κ3) is 9.46. The monoisotopic (exact) mass is 186 g/mol. The second-order valence-electron chi connectivity index (χ2n) is 1.63. The predicted molar refractivity (Wildman–Crippen MR) is 38.1 cm³/mol. The van der Waals surface area contributed by atoms with E-state index in [0.717, 1.165) is 6.42 Å². The summed E-state index contributed by atoms with van der Waals surface area (Å²) in [6.45, 7) is 2.26. The van der Waals surface area contributed by atoms with Gasteiger partial charge in [-0.2, -0.15) is 5.75 Å². The van der Waals surface area contributed by atoms with Crippen molar-refractivity contribution >= 4 is 18.6 Å². The topological polar surface area (TPSA) is 26.3 Å². The van der Waals surface area contributed by atoms with Crippen LogP contribution in [0.1, 0.15) is 19.8 Å². The fourth-order valence-corrected chi connectivity index (χ4v) is 0.465. The zero-order chi connectivity index (χ0) is 7.11. The minimum atomic E-state index is -0.140. The molecule has 0 N–H and O–H groups in total. The molecule has 0 atom stereocenters. The quantitative estimate of drug-likeness (QED) is 0.217. The van der Waals surface area contributed by atoms with Crippen LogP contribution in [-0.4, -0.2) is 18.3 Å². The van der Waals surface area contributed by atoms with E-state index >= 15 is 0 Å². The number of carbonyl (C=O) groups excluding carboxylic acids is 1. The Balaban J connectivity index is 0. The molecule has 10 heavy (non-hydrogen) atoms. The molecule has 0 aliphatic carbocycles. The Kier molecular flexibility index (Phi) is 14.6. The molecule has 0 aromatic carbocycles. The van der Waals surface area contributed by atoms with Crippen LogP contribution in [-0.2, 0) is 22.2 Å². The fraction of sp³-hybridized carbons (Fsp3) is 0.833. The van der Waals surface area contributed by atoms with Crippen molar-refractivity contribution in [3.05, 3.63) is 0 Å². The van der Waals surface area contributed by atoms with Crippen LogP contribution in [0.3, 0.4) is 0 Å². The number of hydrogen-bond acceptors (Lipinski definition) is 3. The van der Waals surface area contributed by atoms with E-state index in [2.05, 4.69) is 12.6 Å². The van der Waals surface area contributed by atoms with E-state index in [1.165, 1.54) is 0 Å². The summed E-state index contributed by atoms with van der Waals surface area (Å²) in [7, 11) is 0. The zero-order valence-electron chi connectivity index (χ0n) is 6.55. The molecular weight excluding hydrogens is 175 g/mol. The minimum absolute atomic E-state index is 0. The molecule has 0 rings (SSSR count). The standard InChI is InChI=1S/C6H12O2S.K/c1-2-6(7)8-4-3-5-9;/h9H,2-5H2,1H3;/q;+1/p-1. The molecule has 0 aliphatic rings. The first-order valence-electron chi connectivity index (χ1n) is 3.05. The van der Waals surface area contributed by atoms with Crippen molar-refractivity contribution in [2.75, 3.05) is 12.4 Å². The molecule has 4 heteroatoms. The maximum atomic E-state index is 10.4. The average Bonchev–Trinajstić information content (AvgIpc) is 1.89. The first-order valence-corrected chi connectivity index (χ1v) is 3.62. The van der Waals surface area contributed by atoms with Gasteiger partial charge in [0.1, 0.15) is 0 Å². The van der Waals surface area contributed by atoms with Crippen LogP contribution < -0.4 is 51.4 Å². The summed E-state index contributed by atoms with van der Waals surface area (Å²) in [6.07, 6.45) is 1.25. The van der Waals surface area contributed by atoms with Crippen molar-refractivity contribution in [1.29, 1.82) is 0 Å². The normalized spacial score (nSPS) is 8.20. The summed E-state index contributed by atoms with van der Waals surface area (Å²) in [6, 6.07) is 0. The van der Waals surface area contributed by atoms with Gasteiger partial charge in [-0.3, -0.25) is 4.79 Å². The number of hydrogen-bond donors (Lipinski definition) is 0. The van der Waals surface area contributed by atoms with Gasteiger partial charge >= 0.3 is 57.4 Å². The SMILES string of the molecule is CCC(=O)OCCC[S-].[K+]. The van der Waals surface area contributed by atoms with E-state index in [1.54, 1.807) is 6.92 Å². The van der Waals surface area contributed by atoms with Crippen LogP contribution in [0, 0.1) is 0 Å². The summed E-state index contributed by atoms with van der Waals surface area (Å²) >= 11 is 4.65. The van der Waals surface area contributed by atoms with E-state index in [0.29, 0.717) is 18.8 Å². The first kappa shape index (κ1) is 14.0. The summed E-state index contributed by atoms with van der Waals surface area (Å²) in [5.74, 6) is 0.523. The largest absolute Gasteiger partial charge is 1.00 e. The Bertz CT molecular complexity index is 87.8. The molecule has 0 amide bonds. The molecular formula is C6H11KO2S. The van der Waals surface area contributed by atoms with Gasteiger partial charge in [0, 0.05) is 6.42 Å². The second-order valence-corrected chi connectivity index (χ2v) is 2.04. The maximum absolute atomic E-state index is 10.4. The summed E-state index contributed by atoms with van der Waals surface area (Å²) in [5.41, 5.74) is 0. The van der Waals surface area contributed by atoms with E-state index in [4.69, 9.17) is 4.74 Å². The van der Waals surface area contributed by atoms with E-state index in [1.807, 2.05) is 0 Å². The van der Waals surface area contributed by atoms with E-state index in [-0.39, 0.29) is 57.4 Å². The minimum Gasteiger partial charge on any atom is -0.792 e. The summed E-state index contributed by atoms with van der Waals surface area (Å²) < 4.78 is 4.73. The Morgan fingerprint density at radius 2 is 2.20 bits per heavy atom. The third-order valence-electron chi connectivity index (χ3n) is 0.840. The van der Waals surface area contributed by atoms with Gasteiger partial charge in [-0.15, -0.1) is 0 Å². The van der Waals surface area contributed by atoms with Gasteiger partial charge in [0.2, 0.25) is 0 Å². The predicted octanol–water partition coefficient (Wildman–Crippen LogP) is -2.12. The third-order valence-corrected chi connectivity index (χ3v) is 1.13. The van der Waals surface area contributed by atoms with Gasteiger partial charge in [-0.1, -0.05) is 6.92 Å². The van der Waals surface area contributed by atoms with Crippen LogP contribution in [0.15, 0.2) is 0 Å². The van der Waals surface area contributed by atoms with E-state index < -0.39 is 0 Å². The molecule has 2 nitrogen and oxygen atoms in total. The summed E-state index contributed by atoms with van der Waals surface area (Å²) in [4.78, 5) is 10.4. The van der Waals surface area contributed by atoms with Crippen molar-refractivity contribution in [1.82, 2.24) is 0 Å². The maximum Gasteiger partial charge on any atom is 1.00 e. The molecule has 0 fully saturated rings. The Hall–Kier alpha value is 1.46. The molecule has 0 bridgehead atoms. The average molecular weight is 186 g/mol. The number of carbonyl (C=O) groups is 1. The number of ether oxygens (including phenoxy) is 1. The smallest absolute Gasteiger partial charge is 0.792 e. The van der Waals surface area contributed by atoms with Gasteiger partial charge in [0.05, 0.1) is 6.61 Å². The molecule has 0 saturated heterocycles. The molecule has 0 aromatic rings. The Morgan fingerprint density at radius 1 is 1.60 bits per heavy atom. The van der Waals surface area contributed by atoms with Crippen LogP contribution in [0.4, 0.5) is 0 Å². The summed E-state index contributed by atoms with van der Waals surface area (Å²) in [5, 5.41) is 0. The van der Waals surface area contributed by atoms with Crippen LogP contribution in [0.5, 0.6) is 0 Å². The van der Waals surface area contributed by atoms with Crippen LogP contribution in [0.2, 0.25) is 0 Å². The Labute approximate surface area is 110 Å². The van der Waals surface area contributed by atoms with Crippen molar-refractivity contribution in [2.45, 2.75) is 19.8 Å². The fourth-order valence-electron chi connectivity index (χ4n) is 0.347. The molecule has 0 unspecified atom stereocenters. The van der Waals surface area contributed by atoms with Gasteiger partial charge in [-0.25, -0.2) is 0 Å². The molecule has 54 valence electrons. The number of rotatable bonds is 4. The van der Waals surface area contributed by atoms with E-state index in [9.17, 15) is 4.79 Å². The van der Waals surface area contributed by atoms with Gasteiger partial charge in [-0.05, 0) is 6.42 Å². The first-order chi connectivity index (χ1) is 4.31. The van der Waals surface area contributed by atoms with Crippen molar-refractivity contribution in [2.24, 2.45) is 0 Å². The molecule has 0 spiro atoms. The molecule has 0 saturated carbocycles.